The van der Waals surface area contributed by atoms with Crippen molar-refractivity contribution in [1.82, 2.24) is 9.55 Å². The van der Waals surface area contributed by atoms with E-state index in [0.29, 0.717) is 0 Å². The van der Waals surface area contributed by atoms with Crippen molar-refractivity contribution in [1.29, 1.82) is 0 Å². The summed E-state index contributed by atoms with van der Waals surface area (Å²) >= 11 is 0. The highest BCUT2D eigenvalue weighted by molar-refractivity contribution is 5.80. The van der Waals surface area contributed by atoms with Gasteiger partial charge in [-0.1, -0.05) is 20.3 Å². The van der Waals surface area contributed by atoms with E-state index in [1.165, 1.54) is 17.8 Å². The lowest BCUT2D eigenvalue weighted by molar-refractivity contribution is 0.323. The Morgan fingerprint density at radius 3 is 2.58 bits per heavy atom. The first-order chi connectivity index (χ1) is 8.99. The van der Waals surface area contributed by atoms with Crippen molar-refractivity contribution in [3.8, 4) is 0 Å². The molecule has 0 spiro atoms. The molecule has 0 fully saturated rings. The molecule has 104 valence electrons. The van der Waals surface area contributed by atoms with Crippen molar-refractivity contribution in [3.05, 3.63) is 24.0 Å². The number of fused-ring (bicyclic) bond motifs is 1. The zero-order valence-electron chi connectivity index (χ0n) is 12.5. The maximum Gasteiger partial charge on any atom is 0.110 e. The van der Waals surface area contributed by atoms with E-state index < -0.39 is 0 Å². The fraction of sp³-hybridized carbons (Fsp3) is 0.562. The Hall–Kier alpha value is -1.51. The van der Waals surface area contributed by atoms with Gasteiger partial charge in [-0.2, -0.15) is 0 Å². The summed E-state index contributed by atoms with van der Waals surface area (Å²) in [6.45, 7) is 9.03. The van der Waals surface area contributed by atoms with Crippen LogP contribution >= 0.6 is 0 Å². The molecule has 1 heterocycles. The molecule has 0 aliphatic rings. The smallest absolute Gasteiger partial charge is 0.110 e. The second kappa shape index (κ2) is 5.24. The number of nitrogen functional groups attached to an aromatic ring is 1. The fourth-order valence-corrected chi connectivity index (χ4v) is 2.94. The Labute approximate surface area is 115 Å². The highest BCUT2D eigenvalue weighted by Crippen LogP contribution is 2.30. The third-order valence-corrected chi connectivity index (χ3v) is 3.69. The molecule has 0 amide bonds. The lowest BCUT2D eigenvalue weighted by Gasteiger charge is -2.29. The number of nitrogens with two attached hydrogens (primary N) is 1. The van der Waals surface area contributed by atoms with Crippen LogP contribution in [0.15, 0.2) is 18.2 Å². The lowest BCUT2D eigenvalue weighted by atomic mass is 9.97. The zero-order chi connectivity index (χ0) is 14.0. The molecule has 0 saturated heterocycles. The molecular weight excluding hydrogens is 234 g/mol. The zero-order valence-corrected chi connectivity index (χ0v) is 12.5. The van der Waals surface area contributed by atoms with E-state index >= 15 is 0 Å². The normalized spacial score (nSPS) is 12.2. The molecule has 0 unspecified atom stereocenters. The van der Waals surface area contributed by atoms with Gasteiger partial charge in [0.15, 0.2) is 0 Å². The average Bonchev–Trinajstić information content (AvgIpc) is 2.67. The van der Waals surface area contributed by atoms with Crippen LogP contribution < -0.4 is 5.73 Å². The predicted molar refractivity (Wildman–Crippen MR) is 82.4 cm³/mol. The van der Waals surface area contributed by atoms with E-state index in [4.69, 9.17) is 10.7 Å². The summed E-state index contributed by atoms with van der Waals surface area (Å²) < 4.78 is 2.41. The van der Waals surface area contributed by atoms with E-state index in [1.807, 2.05) is 12.1 Å². The van der Waals surface area contributed by atoms with Gasteiger partial charge in [0.2, 0.25) is 0 Å². The third-order valence-electron chi connectivity index (χ3n) is 3.69. The minimum absolute atomic E-state index is 0.101. The van der Waals surface area contributed by atoms with Crippen LogP contribution in [-0.2, 0) is 12.0 Å². The second-order valence-corrected chi connectivity index (χ2v) is 5.92. The van der Waals surface area contributed by atoms with Crippen molar-refractivity contribution < 1.29 is 0 Å². The Balaban J connectivity index is 2.64. The summed E-state index contributed by atoms with van der Waals surface area (Å²) in [6, 6.07) is 6.06. The van der Waals surface area contributed by atoms with Gasteiger partial charge in [-0.25, -0.2) is 4.98 Å². The molecule has 0 aliphatic heterocycles. The molecule has 0 radical (unpaired) electrons. The quantitative estimate of drug-likeness (QED) is 0.821. The van der Waals surface area contributed by atoms with Crippen molar-refractivity contribution in [3.63, 3.8) is 0 Å². The van der Waals surface area contributed by atoms with Crippen molar-refractivity contribution in [2.24, 2.45) is 0 Å². The molecule has 3 heteroatoms. The van der Waals surface area contributed by atoms with Crippen LogP contribution in [0.25, 0.3) is 11.0 Å². The van der Waals surface area contributed by atoms with Gasteiger partial charge in [0, 0.05) is 17.6 Å². The molecule has 1 aromatic carbocycles. The van der Waals surface area contributed by atoms with Crippen molar-refractivity contribution in [2.45, 2.75) is 58.9 Å². The van der Waals surface area contributed by atoms with Crippen LogP contribution in [0.2, 0.25) is 0 Å². The largest absolute Gasteiger partial charge is 0.399 e. The molecule has 3 nitrogen and oxygen atoms in total. The Kier molecular flexibility index (Phi) is 3.83. The Bertz CT molecular complexity index is 567. The van der Waals surface area contributed by atoms with E-state index in [1.54, 1.807) is 0 Å². The lowest BCUT2D eigenvalue weighted by Crippen LogP contribution is -2.27. The number of imidazole rings is 1. The standard InChI is InChI=1S/C16H25N3/c1-5-7-15-18-13-11-12(17)8-9-14(13)19(15)16(3,4)10-6-2/h8-9,11H,5-7,10,17H2,1-4H3. The monoisotopic (exact) mass is 259 g/mol. The van der Waals surface area contributed by atoms with E-state index in [-0.39, 0.29) is 5.54 Å². The summed E-state index contributed by atoms with van der Waals surface area (Å²) in [5.74, 6) is 1.18. The van der Waals surface area contributed by atoms with Gasteiger partial charge in [0.1, 0.15) is 5.82 Å². The summed E-state index contributed by atoms with van der Waals surface area (Å²) in [7, 11) is 0. The maximum atomic E-state index is 5.88. The van der Waals surface area contributed by atoms with Crippen LogP contribution in [0.5, 0.6) is 0 Å². The summed E-state index contributed by atoms with van der Waals surface area (Å²) in [5, 5.41) is 0. The van der Waals surface area contributed by atoms with Gasteiger partial charge in [0.25, 0.3) is 0 Å². The first kappa shape index (κ1) is 13.9. The molecular formula is C16H25N3. The van der Waals surface area contributed by atoms with Crippen molar-refractivity contribution >= 4 is 16.7 Å². The summed E-state index contributed by atoms with van der Waals surface area (Å²) in [6.07, 6.45) is 4.45. The van der Waals surface area contributed by atoms with Crippen LogP contribution in [0.4, 0.5) is 5.69 Å². The number of benzene rings is 1. The molecule has 1 aromatic heterocycles. The minimum atomic E-state index is 0.101. The fourth-order valence-electron chi connectivity index (χ4n) is 2.94. The van der Waals surface area contributed by atoms with Crippen LogP contribution in [-0.4, -0.2) is 9.55 Å². The molecule has 0 saturated carbocycles. The van der Waals surface area contributed by atoms with Crippen molar-refractivity contribution in [2.75, 3.05) is 5.73 Å². The SMILES string of the molecule is CCCc1nc2cc(N)ccc2n1C(C)(C)CCC. The number of aromatic nitrogens is 2. The first-order valence-corrected chi connectivity index (χ1v) is 7.27. The number of anilines is 1. The van der Waals surface area contributed by atoms with Crippen LogP contribution in [0.1, 0.15) is 52.8 Å². The molecule has 2 rings (SSSR count). The van der Waals surface area contributed by atoms with Gasteiger partial charge in [0.05, 0.1) is 11.0 Å². The van der Waals surface area contributed by atoms with Gasteiger partial charge >= 0.3 is 0 Å². The molecule has 19 heavy (non-hydrogen) atoms. The highest BCUT2D eigenvalue weighted by atomic mass is 15.1. The van der Waals surface area contributed by atoms with Gasteiger partial charge in [-0.3, -0.25) is 0 Å². The minimum Gasteiger partial charge on any atom is -0.399 e. The van der Waals surface area contributed by atoms with Gasteiger partial charge in [-0.05, 0) is 44.9 Å². The van der Waals surface area contributed by atoms with Gasteiger partial charge < -0.3 is 10.3 Å². The molecule has 0 aliphatic carbocycles. The molecule has 2 aromatic rings. The average molecular weight is 259 g/mol. The number of nitrogens with zero attached hydrogens (tertiary/aromatic N) is 2. The van der Waals surface area contributed by atoms with E-state index in [2.05, 4.69) is 38.3 Å². The Morgan fingerprint density at radius 1 is 1.21 bits per heavy atom. The maximum absolute atomic E-state index is 5.88. The van der Waals surface area contributed by atoms with E-state index in [0.717, 1.165) is 30.5 Å². The summed E-state index contributed by atoms with van der Waals surface area (Å²) in [4.78, 5) is 4.79. The van der Waals surface area contributed by atoms with Gasteiger partial charge in [-0.15, -0.1) is 0 Å². The summed E-state index contributed by atoms with van der Waals surface area (Å²) in [5.41, 5.74) is 8.99. The number of aryl methyl sites for hydroxylation is 1. The topological polar surface area (TPSA) is 43.8 Å². The number of rotatable bonds is 5. The second-order valence-electron chi connectivity index (χ2n) is 5.92. The first-order valence-electron chi connectivity index (χ1n) is 7.27. The third kappa shape index (κ3) is 2.60. The van der Waals surface area contributed by atoms with Crippen LogP contribution in [0.3, 0.4) is 0 Å². The number of hydrogen-bond donors (Lipinski definition) is 1. The molecule has 0 atom stereocenters. The molecule has 0 bridgehead atoms. The highest BCUT2D eigenvalue weighted by Gasteiger charge is 2.24. The Morgan fingerprint density at radius 2 is 1.95 bits per heavy atom. The van der Waals surface area contributed by atoms with Crippen LogP contribution in [0, 0.1) is 0 Å². The van der Waals surface area contributed by atoms with E-state index in [9.17, 15) is 0 Å². The predicted octanol–water partition coefficient (Wildman–Crippen LogP) is 4.11. The number of hydrogen-bond acceptors (Lipinski definition) is 2. The molecule has 2 N–H and O–H groups in total.